The topological polar surface area (TPSA) is 65.6 Å². The number of hydrogen-bond donors (Lipinski definition) is 3. The highest BCUT2D eigenvalue weighted by Crippen LogP contribution is 2.32. The van der Waals surface area contributed by atoms with E-state index < -0.39 is 0 Å². The molecule has 0 amide bonds. The molecule has 1 saturated heterocycles. The van der Waals surface area contributed by atoms with Crippen LogP contribution in [0.25, 0.3) is 22.2 Å². The highest BCUT2D eigenvalue weighted by atomic mass is 35.5. The van der Waals surface area contributed by atoms with Crippen molar-refractivity contribution in [2.75, 3.05) is 5.32 Å². The molecule has 3 heterocycles. The Labute approximate surface area is 157 Å². The molecular formula is C20H22ClN5. The van der Waals surface area contributed by atoms with Crippen LogP contribution in [0.4, 0.5) is 5.95 Å². The zero-order chi connectivity index (χ0) is 18.3. The van der Waals surface area contributed by atoms with Gasteiger partial charge in [0.25, 0.3) is 0 Å². The zero-order valence-corrected chi connectivity index (χ0v) is 15.7. The Morgan fingerprint density at radius 3 is 2.96 bits per heavy atom. The summed E-state index contributed by atoms with van der Waals surface area (Å²) in [5.74, 6) is 0.634. The van der Waals surface area contributed by atoms with Crippen molar-refractivity contribution >= 4 is 28.5 Å². The zero-order valence-electron chi connectivity index (χ0n) is 14.9. The number of aromatic amines is 1. The Balaban J connectivity index is 1.63. The smallest absolute Gasteiger partial charge is 0.223 e. The van der Waals surface area contributed by atoms with E-state index in [2.05, 4.69) is 41.0 Å². The molecule has 0 aliphatic carbocycles. The lowest BCUT2D eigenvalue weighted by Crippen LogP contribution is -2.48. The molecule has 0 bridgehead atoms. The van der Waals surface area contributed by atoms with Gasteiger partial charge < -0.3 is 15.6 Å². The second-order valence-electron chi connectivity index (χ2n) is 7.49. The first-order valence-corrected chi connectivity index (χ1v) is 9.11. The normalized spacial score (nSPS) is 19.3. The molecule has 3 N–H and O–H groups in total. The number of rotatable bonds is 3. The van der Waals surface area contributed by atoms with Crippen LogP contribution in [0.5, 0.6) is 0 Å². The van der Waals surface area contributed by atoms with Crippen molar-refractivity contribution in [2.24, 2.45) is 0 Å². The van der Waals surface area contributed by atoms with Gasteiger partial charge in [-0.05, 0) is 32.4 Å². The minimum absolute atomic E-state index is 0.0121. The molecule has 2 aromatic heterocycles. The first-order chi connectivity index (χ1) is 12.4. The van der Waals surface area contributed by atoms with Gasteiger partial charge in [0.1, 0.15) is 0 Å². The molecule has 1 fully saturated rings. The molecule has 0 radical (unpaired) electrons. The fourth-order valence-electron chi connectivity index (χ4n) is 3.76. The lowest BCUT2D eigenvalue weighted by Gasteiger charge is -2.38. The summed E-state index contributed by atoms with van der Waals surface area (Å²) in [6.45, 7) is 8.45. The van der Waals surface area contributed by atoms with Gasteiger partial charge in [-0.15, -0.1) is 0 Å². The number of nitrogens with zero attached hydrogens (tertiary/aromatic N) is 2. The molecule has 1 aliphatic rings. The Hall–Kier alpha value is -2.53. The number of para-hydroxylation sites is 1. The largest absolute Gasteiger partial charge is 0.384 e. The summed E-state index contributed by atoms with van der Waals surface area (Å²) in [5.41, 5.74) is 3.86. The van der Waals surface area contributed by atoms with Gasteiger partial charge >= 0.3 is 0 Å². The van der Waals surface area contributed by atoms with E-state index in [1.165, 1.54) is 0 Å². The molecule has 0 saturated carbocycles. The highest BCUT2D eigenvalue weighted by molar-refractivity contribution is 6.35. The van der Waals surface area contributed by atoms with Crippen molar-refractivity contribution in [1.29, 1.82) is 0 Å². The van der Waals surface area contributed by atoms with Crippen LogP contribution >= 0.6 is 11.6 Å². The molecule has 4 rings (SSSR count). The first-order valence-electron chi connectivity index (χ1n) is 8.73. The summed E-state index contributed by atoms with van der Waals surface area (Å²) >= 11 is 6.27. The minimum Gasteiger partial charge on any atom is -0.384 e. The van der Waals surface area contributed by atoms with Crippen LogP contribution in [0.3, 0.4) is 0 Å². The van der Waals surface area contributed by atoms with E-state index in [-0.39, 0.29) is 11.6 Å². The average Bonchev–Trinajstić information content (AvgIpc) is 2.98. The molecule has 1 unspecified atom stereocenters. The molecule has 134 valence electrons. The van der Waals surface area contributed by atoms with E-state index in [1.807, 2.05) is 30.5 Å². The summed E-state index contributed by atoms with van der Waals surface area (Å²) in [6, 6.07) is 8.04. The van der Waals surface area contributed by atoms with Gasteiger partial charge in [-0.1, -0.05) is 30.3 Å². The van der Waals surface area contributed by atoms with Crippen LogP contribution in [0.15, 0.2) is 48.9 Å². The van der Waals surface area contributed by atoms with E-state index in [9.17, 15) is 0 Å². The van der Waals surface area contributed by atoms with Crippen LogP contribution < -0.4 is 10.6 Å². The predicted molar refractivity (Wildman–Crippen MR) is 107 cm³/mol. The lowest BCUT2D eigenvalue weighted by molar-refractivity contribution is 0.324. The van der Waals surface area contributed by atoms with Gasteiger partial charge in [0.05, 0.1) is 16.2 Å². The second-order valence-corrected chi connectivity index (χ2v) is 7.90. The minimum atomic E-state index is 0.0121. The molecule has 1 atom stereocenters. The molecule has 6 heteroatoms. The third kappa shape index (κ3) is 3.27. The summed E-state index contributed by atoms with van der Waals surface area (Å²) in [5, 5.41) is 8.67. The standard InChI is InChI=1S/C20H22ClN5/c1-12-9-13(10-20(2,3)26-12)24-19-22-8-7-17(25-19)15-11-23-18-14(15)5-4-6-16(18)21/h4-8,11,13,23,26H,1,9-10H2,2-3H3,(H,22,24,25). The fourth-order valence-corrected chi connectivity index (χ4v) is 3.99. The fraction of sp³-hybridized carbons (Fsp3) is 0.300. The molecule has 0 spiro atoms. The Morgan fingerprint density at radius 1 is 1.31 bits per heavy atom. The number of aromatic nitrogens is 3. The Morgan fingerprint density at radius 2 is 2.15 bits per heavy atom. The van der Waals surface area contributed by atoms with Crippen LogP contribution in [-0.4, -0.2) is 26.5 Å². The summed E-state index contributed by atoms with van der Waals surface area (Å²) < 4.78 is 0. The SMILES string of the molecule is C=C1CC(Nc2nccc(-c3c[nH]c4c(Cl)cccc34)n2)CC(C)(C)N1. The number of hydrogen-bond acceptors (Lipinski definition) is 4. The number of anilines is 1. The van der Waals surface area contributed by atoms with Crippen molar-refractivity contribution in [3.8, 4) is 11.3 Å². The van der Waals surface area contributed by atoms with Crippen molar-refractivity contribution in [3.05, 3.63) is 54.0 Å². The van der Waals surface area contributed by atoms with E-state index in [1.54, 1.807) is 6.20 Å². The van der Waals surface area contributed by atoms with Crippen molar-refractivity contribution in [1.82, 2.24) is 20.3 Å². The maximum atomic E-state index is 6.27. The van der Waals surface area contributed by atoms with Crippen LogP contribution in [0.1, 0.15) is 26.7 Å². The second kappa shape index (κ2) is 6.32. The molecule has 1 aromatic carbocycles. The van der Waals surface area contributed by atoms with E-state index >= 15 is 0 Å². The maximum absolute atomic E-state index is 6.27. The van der Waals surface area contributed by atoms with Gasteiger partial charge in [-0.25, -0.2) is 9.97 Å². The number of halogens is 1. The van der Waals surface area contributed by atoms with E-state index in [0.717, 1.165) is 40.7 Å². The van der Waals surface area contributed by atoms with Crippen molar-refractivity contribution < 1.29 is 0 Å². The maximum Gasteiger partial charge on any atom is 0.223 e. The molecule has 5 nitrogen and oxygen atoms in total. The van der Waals surface area contributed by atoms with E-state index in [4.69, 9.17) is 16.6 Å². The molecule has 3 aromatic rings. The van der Waals surface area contributed by atoms with Crippen LogP contribution in [0, 0.1) is 0 Å². The number of piperidine rings is 1. The summed E-state index contributed by atoms with van der Waals surface area (Å²) in [7, 11) is 0. The van der Waals surface area contributed by atoms with Gasteiger partial charge in [-0.2, -0.15) is 0 Å². The summed E-state index contributed by atoms with van der Waals surface area (Å²) in [6.07, 6.45) is 5.56. The molecule has 26 heavy (non-hydrogen) atoms. The Kier molecular flexibility index (Phi) is 4.11. The number of fused-ring (bicyclic) bond motifs is 1. The average molecular weight is 368 g/mol. The number of H-pyrrole nitrogens is 1. The number of benzene rings is 1. The van der Waals surface area contributed by atoms with Crippen molar-refractivity contribution in [3.63, 3.8) is 0 Å². The lowest BCUT2D eigenvalue weighted by atomic mass is 9.88. The van der Waals surface area contributed by atoms with Crippen LogP contribution in [0.2, 0.25) is 5.02 Å². The van der Waals surface area contributed by atoms with E-state index in [0.29, 0.717) is 11.0 Å². The van der Waals surface area contributed by atoms with Crippen LogP contribution in [-0.2, 0) is 0 Å². The molecule has 1 aliphatic heterocycles. The third-order valence-corrected chi connectivity index (χ3v) is 5.01. The highest BCUT2D eigenvalue weighted by Gasteiger charge is 2.29. The quantitative estimate of drug-likeness (QED) is 0.625. The van der Waals surface area contributed by atoms with Gasteiger partial charge in [0, 0.05) is 47.0 Å². The van der Waals surface area contributed by atoms with Gasteiger partial charge in [0.15, 0.2) is 0 Å². The monoisotopic (exact) mass is 367 g/mol. The number of nitrogens with one attached hydrogen (secondary N) is 3. The third-order valence-electron chi connectivity index (χ3n) is 4.69. The van der Waals surface area contributed by atoms with Gasteiger partial charge in [0.2, 0.25) is 5.95 Å². The first kappa shape index (κ1) is 16.9. The predicted octanol–water partition coefficient (Wildman–Crippen LogP) is 4.73. The summed E-state index contributed by atoms with van der Waals surface area (Å²) in [4.78, 5) is 12.4. The van der Waals surface area contributed by atoms with Crippen molar-refractivity contribution in [2.45, 2.75) is 38.3 Å². The molecular weight excluding hydrogens is 346 g/mol. The van der Waals surface area contributed by atoms with Gasteiger partial charge in [-0.3, -0.25) is 0 Å². The Bertz CT molecular complexity index is 975.